The van der Waals surface area contributed by atoms with Gasteiger partial charge in [-0.2, -0.15) is 0 Å². The van der Waals surface area contributed by atoms with Crippen molar-refractivity contribution < 1.29 is 9.52 Å². The van der Waals surface area contributed by atoms with E-state index in [1.165, 1.54) is 12.1 Å². The van der Waals surface area contributed by atoms with E-state index in [0.717, 1.165) is 10.9 Å². The molecule has 0 spiro atoms. The Kier molecular flexibility index (Phi) is 4.32. The van der Waals surface area contributed by atoms with E-state index in [4.69, 9.17) is 4.42 Å². The summed E-state index contributed by atoms with van der Waals surface area (Å²) in [6.07, 6.45) is 0. The fraction of sp³-hybridized carbons (Fsp3) is 0.357. The largest absolute Gasteiger partial charge is 0.508 e. The third-order valence-corrected chi connectivity index (χ3v) is 2.38. The molecule has 0 atom stereocenters. The third-order valence-electron chi connectivity index (χ3n) is 2.38. The summed E-state index contributed by atoms with van der Waals surface area (Å²) in [4.78, 5) is 11.0. The van der Waals surface area contributed by atoms with E-state index in [1.54, 1.807) is 12.1 Å². The normalized spacial score (nSPS) is 10.2. The second-order valence-electron chi connectivity index (χ2n) is 3.86. The van der Waals surface area contributed by atoms with E-state index in [1.807, 2.05) is 27.7 Å². The fourth-order valence-electron chi connectivity index (χ4n) is 1.67. The highest BCUT2D eigenvalue weighted by Gasteiger charge is 2.08. The van der Waals surface area contributed by atoms with Gasteiger partial charge in [0.05, 0.1) is 0 Å². The Hall–Kier alpha value is -1.77. The molecule has 3 heteroatoms. The number of fused-ring (bicyclic) bond motifs is 1. The quantitative estimate of drug-likeness (QED) is 0.766. The molecule has 0 unspecified atom stereocenters. The van der Waals surface area contributed by atoms with Crippen LogP contribution in [0.4, 0.5) is 0 Å². The molecular weight excluding hydrogens is 216 g/mol. The van der Waals surface area contributed by atoms with E-state index in [2.05, 4.69) is 0 Å². The van der Waals surface area contributed by atoms with Gasteiger partial charge >= 0.3 is 5.63 Å². The Labute approximate surface area is 101 Å². The second kappa shape index (κ2) is 5.53. The summed E-state index contributed by atoms with van der Waals surface area (Å²) in [6, 6.07) is 6.29. The average molecular weight is 234 g/mol. The monoisotopic (exact) mass is 234 g/mol. The van der Waals surface area contributed by atoms with Gasteiger partial charge in [0.25, 0.3) is 0 Å². The summed E-state index contributed by atoms with van der Waals surface area (Å²) >= 11 is 0. The number of rotatable bonds is 1. The van der Waals surface area contributed by atoms with Crippen LogP contribution in [0.3, 0.4) is 0 Å². The van der Waals surface area contributed by atoms with Crippen molar-refractivity contribution in [3.05, 3.63) is 40.2 Å². The smallest absolute Gasteiger partial charge is 0.336 e. The highest BCUT2D eigenvalue weighted by molar-refractivity contribution is 5.82. The van der Waals surface area contributed by atoms with E-state index in [-0.39, 0.29) is 11.7 Å². The van der Waals surface area contributed by atoms with Gasteiger partial charge in [0.1, 0.15) is 11.3 Å². The molecule has 1 N–H and O–H groups in total. The fourth-order valence-corrected chi connectivity index (χ4v) is 1.67. The lowest BCUT2D eigenvalue weighted by molar-refractivity contribution is 0.472. The molecule has 17 heavy (non-hydrogen) atoms. The molecule has 0 saturated carbocycles. The Bertz CT molecular complexity index is 553. The summed E-state index contributed by atoms with van der Waals surface area (Å²) in [5.41, 5.74) is 1.02. The van der Waals surface area contributed by atoms with Crippen LogP contribution in [0.15, 0.2) is 33.5 Å². The van der Waals surface area contributed by atoms with Crippen LogP contribution in [-0.2, 0) is 0 Å². The first-order valence-electron chi connectivity index (χ1n) is 5.84. The first-order valence-corrected chi connectivity index (χ1v) is 5.84. The van der Waals surface area contributed by atoms with Crippen molar-refractivity contribution in [2.45, 2.75) is 33.6 Å². The van der Waals surface area contributed by atoms with Gasteiger partial charge in [-0.15, -0.1) is 0 Å². The molecule has 2 rings (SSSR count). The molecule has 0 bridgehead atoms. The van der Waals surface area contributed by atoms with Gasteiger partial charge < -0.3 is 9.52 Å². The SMILES string of the molecule is CC.CC(C)c1cc(O)cc2oc(=O)ccc12. The molecule has 0 amide bonds. The highest BCUT2D eigenvalue weighted by Crippen LogP contribution is 2.28. The lowest BCUT2D eigenvalue weighted by Crippen LogP contribution is -1.97. The first-order chi connectivity index (χ1) is 8.08. The number of hydrogen-bond donors (Lipinski definition) is 1. The first kappa shape index (κ1) is 13.3. The molecule has 1 aromatic heterocycles. The van der Waals surface area contributed by atoms with Crippen molar-refractivity contribution >= 4 is 11.0 Å². The van der Waals surface area contributed by atoms with E-state index >= 15 is 0 Å². The van der Waals surface area contributed by atoms with Crippen LogP contribution in [0.2, 0.25) is 0 Å². The summed E-state index contributed by atoms with van der Waals surface area (Å²) in [7, 11) is 0. The van der Waals surface area contributed by atoms with Crippen LogP contribution < -0.4 is 5.63 Å². The Morgan fingerprint density at radius 2 is 1.82 bits per heavy atom. The average Bonchev–Trinajstić information content (AvgIpc) is 2.29. The van der Waals surface area contributed by atoms with Crippen molar-refractivity contribution in [3.63, 3.8) is 0 Å². The predicted octanol–water partition coefficient (Wildman–Crippen LogP) is 3.65. The minimum Gasteiger partial charge on any atom is -0.508 e. The lowest BCUT2D eigenvalue weighted by atomic mass is 9.98. The van der Waals surface area contributed by atoms with Crippen molar-refractivity contribution in [1.29, 1.82) is 0 Å². The van der Waals surface area contributed by atoms with Gasteiger partial charge in [-0.1, -0.05) is 27.7 Å². The molecule has 92 valence electrons. The van der Waals surface area contributed by atoms with Crippen molar-refractivity contribution in [3.8, 4) is 5.75 Å². The van der Waals surface area contributed by atoms with Crippen molar-refractivity contribution in [1.82, 2.24) is 0 Å². The van der Waals surface area contributed by atoms with Crippen LogP contribution in [0, 0.1) is 0 Å². The van der Waals surface area contributed by atoms with Gasteiger partial charge in [0, 0.05) is 17.5 Å². The van der Waals surface area contributed by atoms with Crippen LogP contribution >= 0.6 is 0 Å². The van der Waals surface area contributed by atoms with Crippen molar-refractivity contribution in [2.24, 2.45) is 0 Å². The molecule has 0 aliphatic rings. The zero-order chi connectivity index (χ0) is 13.0. The molecule has 0 radical (unpaired) electrons. The predicted molar refractivity (Wildman–Crippen MR) is 69.6 cm³/mol. The zero-order valence-electron chi connectivity index (χ0n) is 10.7. The molecule has 0 aliphatic heterocycles. The van der Waals surface area contributed by atoms with Crippen LogP contribution in [0.1, 0.15) is 39.2 Å². The topological polar surface area (TPSA) is 50.4 Å². The molecule has 3 nitrogen and oxygen atoms in total. The van der Waals surface area contributed by atoms with Crippen LogP contribution in [-0.4, -0.2) is 5.11 Å². The maximum atomic E-state index is 11.0. The molecule has 1 aromatic carbocycles. The van der Waals surface area contributed by atoms with E-state index in [0.29, 0.717) is 5.58 Å². The summed E-state index contributed by atoms with van der Waals surface area (Å²) in [6.45, 7) is 8.05. The van der Waals surface area contributed by atoms with Gasteiger partial charge in [-0.05, 0) is 23.6 Å². The zero-order valence-corrected chi connectivity index (χ0v) is 10.7. The van der Waals surface area contributed by atoms with Crippen LogP contribution in [0.25, 0.3) is 11.0 Å². The lowest BCUT2D eigenvalue weighted by Gasteiger charge is -2.09. The number of benzene rings is 1. The van der Waals surface area contributed by atoms with Crippen molar-refractivity contribution in [2.75, 3.05) is 0 Å². The third kappa shape index (κ3) is 2.87. The number of hydrogen-bond acceptors (Lipinski definition) is 3. The minimum absolute atomic E-state index is 0.126. The minimum atomic E-state index is -0.400. The summed E-state index contributed by atoms with van der Waals surface area (Å²) < 4.78 is 5.02. The molecule has 0 aliphatic carbocycles. The molecule has 1 heterocycles. The molecule has 0 fully saturated rings. The van der Waals surface area contributed by atoms with Gasteiger partial charge in [0.2, 0.25) is 0 Å². The number of phenols is 1. The van der Waals surface area contributed by atoms with Gasteiger partial charge in [0.15, 0.2) is 0 Å². The Morgan fingerprint density at radius 3 is 2.41 bits per heavy atom. The highest BCUT2D eigenvalue weighted by atomic mass is 16.4. The molecule has 2 aromatic rings. The summed E-state index contributed by atoms with van der Waals surface area (Å²) in [5, 5.41) is 10.4. The van der Waals surface area contributed by atoms with E-state index < -0.39 is 5.63 Å². The van der Waals surface area contributed by atoms with Crippen LogP contribution in [0.5, 0.6) is 5.75 Å². The second-order valence-corrected chi connectivity index (χ2v) is 3.86. The Morgan fingerprint density at radius 1 is 1.18 bits per heavy atom. The number of aromatic hydroxyl groups is 1. The maximum absolute atomic E-state index is 11.0. The molecular formula is C14H18O3. The summed E-state index contributed by atoms with van der Waals surface area (Å²) in [5.74, 6) is 0.396. The number of phenolic OH excluding ortho intramolecular Hbond substituents is 1. The molecule has 0 saturated heterocycles. The van der Waals surface area contributed by atoms with Gasteiger partial charge in [-0.25, -0.2) is 4.79 Å². The van der Waals surface area contributed by atoms with E-state index in [9.17, 15) is 9.90 Å². The maximum Gasteiger partial charge on any atom is 0.336 e. The Balaban J connectivity index is 0.000000686. The standard InChI is InChI=1S/C12H12O3.C2H6/c1-7(2)10-5-8(13)6-11-9(10)3-4-12(14)15-11;1-2/h3-7,13H,1-2H3;1-2H3. The van der Waals surface area contributed by atoms with Gasteiger partial charge in [-0.3, -0.25) is 0 Å².